The number of carbonyl (C=O) groups is 1. The first-order valence-corrected chi connectivity index (χ1v) is 13.9. The predicted molar refractivity (Wildman–Crippen MR) is 157 cm³/mol. The van der Waals surface area contributed by atoms with Crippen LogP contribution in [0, 0.1) is 0 Å². The number of rotatable bonds is 9. The lowest BCUT2D eigenvalue weighted by molar-refractivity contribution is -0.135. The second-order valence-electron chi connectivity index (χ2n) is 9.89. The highest BCUT2D eigenvalue weighted by Crippen LogP contribution is 2.39. The standard InChI is InChI=1S/C32H30ClN3O5/c1-39-27-10-8-23(18-28(27)40-16-4-15-37)31-32-26(34-29-19-24(33)11-13-35(29)32)12-14-36(31)30(38)20-41-25-9-7-21-5-2-3-6-22(21)17-25/h2-3,5-11,13,17-19,31,37H,4,12,14-16,20H2,1H3. The minimum absolute atomic E-state index is 0.0256. The zero-order chi connectivity index (χ0) is 28.3. The third-order valence-corrected chi connectivity index (χ3v) is 7.56. The second-order valence-corrected chi connectivity index (χ2v) is 10.3. The van der Waals surface area contributed by atoms with Gasteiger partial charge in [0.25, 0.3) is 5.91 Å². The van der Waals surface area contributed by atoms with E-state index in [0.717, 1.165) is 33.4 Å². The van der Waals surface area contributed by atoms with E-state index in [1.54, 1.807) is 7.11 Å². The Morgan fingerprint density at radius 3 is 2.71 bits per heavy atom. The van der Waals surface area contributed by atoms with Crippen molar-refractivity contribution in [3.63, 3.8) is 0 Å². The van der Waals surface area contributed by atoms with Crippen molar-refractivity contribution >= 4 is 33.9 Å². The Morgan fingerprint density at radius 2 is 1.88 bits per heavy atom. The lowest BCUT2D eigenvalue weighted by Crippen LogP contribution is -2.43. The molecule has 1 amide bonds. The van der Waals surface area contributed by atoms with Crippen molar-refractivity contribution in [1.82, 2.24) is 14.3 Å². The first-order chi connectivity index (χ1) is 20.1. The maximum absolute atomic E-state index is 13.8. The van der Waals surface area contributed by atoms with Crippen LogP contribution in [-0.4, -0.2) is 58.8 Å². The van der Waals surface area contributed by atoms with Gasteiger partial charge in [-0.15, -0.1) is 0 Å². The topological polar surface area (TPSA) is 85.5 Å². The monoisotopic (exact) mass is 571 g/mol. The van der Waals surface area contributed by atoms with E-state index in [0.29, 0.717) is 48.3 Å². The molecule has 0 spiro atoms. The average molecular weight is 572 g/mol. The summed E-state index contributed by atoms with van der Waals surface area (Å²) in [5.74, 6) is 1.61. The summed E-state index contributed by atoms with van der Waals surface area (Å²) in [6.07, 6.45) is 2.98. The summed E-state index contributed by atoms with van der Waals surface area (Å²) in [4.78, 5) is 20.5. The number of amides is 1. The molecule has 3 aromatic carbocycles. The molecular weight excluding hydrogens is 542 g/mol. The number of benzene rings is 3. The van der Waals surface area contributed by atoms with Gasteiger partial charge in [0.2, 0.25) is 0 Å². The third-order valence-electron chi connectivity index (χ3n) is 7.33. The van der Waals surface area contributed by atoms with Crippen LogP contribution in [0.2, 0.25) is 5.02 Å². The number of hydrogen-bond acceptors (Lipinski definition) is 6. The van der Waals surface area contributed by atoms with Crippen LogP contribution < -0.4 is 14.2 Å². The second kappa shape index (κ2) is 11.7. The van der Waals surface area contributed by atoms with Crippen molar-refractivity contribution in [2.45, 2.75) is 18.9 Å². The molecule has 41 heavy (non-hydrogen) atoms. The van der Waals surface area contributed by atoms with Gasteiger partial charge >= 0.3 is 0 Å². The first kappa shape index (κ1) is 26.9. The fraction of sp³-hybridized carbons (Fsp3) is 0.250. The van der Waals surface area contributed by atoms with Gasteiger partial charge in [0.15, 0.2) is 18.1 Å². The number of hydrogen-bond donors (Lipinski definition) is 1. The molecule has 3 heterocycles. The molecule has 5 aromatic rings. The molecule has 0 aliphatic carbocycles. The molecule has 210 valence electrons. The van der Waals surface area contributed by atoms with Gasteiger partial charge in [-0.25, -0.2) is 4.98 Å². The Hall–Kier alpha value is -4.27. The number of halogens is 1. The zero-order valence-corrected chi connectivity index (χ0v) is 23.4. The molecule has 0 bridgehead atoms. The number of aromatic nitrogens is 2. The van der Waals surface area contributed by atoms with E-state index in [4.69, 9.17) is 30.8 Å². The number of nitrogens with zero attached hydrogens (tertiary/aromatic N) is 3. The predicted octanol–water partition coefficient (Wildman–Crippen LogP) is 5.46. The summed E-state index contributed by atoms with van der Waals surface area (Å²) in [6.45, 7) is 0.727. The third kappa shape index (κ3) is 5.40. The highest BCUT2D eigenvalue weighted by molar-refractivity contribution is 6.30. The molecule has 2 aromatic heterocycles. The van der Waals surface area contributed by atoms with Gasteiger partial charge in [0.05, 0.1) is 31.1 Å². The van der Waals surface area contributed by atoms with Crippen LogP contribution in [0.5, 0.6) is 17.2 Å². The normalized spacial score (nSPS) is 14.7. The number of pyridine rings is 1. The number of aliphatic hydroxyl groups is 1. The Labute approximate surface area is 242 Å². The van der Waals surface area contributed by atoms with Crippen LogP contribution in [0.1, 0.15) is 29.4 Å². The van der Waals surface area contributed by atoms with E-state index in [-0.39, 0.29) is 19.1 Å². The number of methoxy groups -OCH3 is 1. The molecule has 0 saturated carbocycles. The van der Waals surface area contributed by atoms with Crippen molar-refractivity contribution in [3.05, 3.63) is 101 Å². The van der Waals surface area contributed by atoms with Gasteiger partial charge in [0, 0.05) is 43.3 Å². The summed E-state index contributed by atoms with van der Waals surface area (Å²) >= 11 is 6.28. The molecular formula is C32H30ClN3O5. The fourth-order valence-corrected chi connectivity index (χ4v) is 5.53. The fourth-order valence-electron chi connectivity index (χ4n) is 5.38. The van der Waals surface area contributed by atoms with Gasteiger partial charge in [0.1, 0.15) is 11.4 Å². The van der Waals surface area contributed by atoms with Crippen LogP contribution >= 0.6 is 11.6 Å². The van der Waals surface area contributed by atoms with Gasteiger partial charge in [-0.3, -0.25) is 4.79 Å². The SMILES string of the molecule is COc1ccc(C2c3c(nc4cc(Cl)ccn34)CCN2C(=O)COc2ccc3ccccc3c2)cc1OCCCO. The minimum Gasteiger partial charge on any atom is -0.493 e. The molecule has 1 atom stereocenters. The van der Waals surface area contributed by atoms with Crippen molar-refractivity contribution in [2.24, 2.45) is 0 Å². The molecule has 9 heteroatoms. The largest absolute Gasteiger partial charge is 0.493 e. The summed E-state index contributed by atoms with van der Waals surface area (Å²) in [5, 5.41) is 12.0. The molecule has 1 aliphatic heterocycles. The van der Waals surface area contributed by atoms with Crippen molar-refractivity contribution in [2.75, 3.05) is 33.5 Å². The molecule has 0 saturated heterocycles. The summed E-state index contributed by atoms with van der Waals surface area (Å²) in [5.41, 5.74) is 3.38. The van der Waals surface area contributed by atoms with E-state index in [2.05, 4.69) is 0 Å². The molecule has 1 unspecified atom stereocenters. The van der Waals surface area contributed by atoms with E-state index < -0.39 is 6.04 Å². The number of imidazole rings is 1. The number of ether oxygens (including phenoxy) is 3. The van der Waals surface area contributed by atoms with Crippen LogP contribution in [-0.2, 0) is 11.2 Å². The van der Waals surface area contributed by atoms with Gasteiger partial charge in [-0.2, -0.15) is 0 Å². The highest BCUT2D eigenvalue weighted by atomic mass is 35.5. The quantitative estimate of drug-likeness (QED) is 0.236. The smallest absolute Gasteiger partial charge is 0.261 e. The van der Waals surface area contributed by atoms with E-state index in [1.165, 1.54) is 0 Å². The van der Waals surface area contributed by atoms with Crippen LogP contribution in [0.15, 0.2) is 79.0 Å². The van der Waals surface area contributed by atoms with E-state index in [9.17, 15) is 9.90 Å². The lowest BCUT2D eigenvalue weighted by atomic mass is 9.95. The highest BCUT2D eigenvalue weighted by Gasteiger charge is 2.36. The minimum atomic E-state index is -0.450. The Balaban J connectivity index is 1.36. The molecule has 1 aliphatic rings. The average Bonchev–Trinajstić information content (AvgIpc) is 3.37. The number of fused-ring (bicyclic) bond motifs is 4. The van der Waals surface area contributed by atoms with Gasteiger partial charge < -0.3 is 28.6 Å². The van der Waals surface area contributed by atoms with Crippen molar-refractivity contribution < 1.29 is 24.1 Å². The van der Waals surface area contributed by atoms with Crippen LogP contribution in [0.4, 0.5) is 0 Å². The van der Waals surface area contributed by atoms with Crippen LogP contribution in [0.3, 0.4) is 0 Å². The summed E-state index contributed by atoms with van der Waals surface area (Å²) in [7, 11) is 1.58. The first-order valence-electron chi connectivity index (χ1n) is 13.5. The molecule has 0 fully saturated rings. The number of aliphatic hydroxyl groups excluding tert-OH is 1. The summed E-state index contributed by atoms with van der Waals surface area (Å²) in [6, 6.07) is 22.7. The lowest BCUT2D eigenvalue weighted by Gasteiger charge is -2.36. The van der Waals surface area contributed by atoms with Gasteiger partial charge in [-0.05, 0) is 46.7 Å². The Kier molecular flexibility index (Phi) is 7.67. The van der Waals surface area contributed by atoms with Crippen LogP contribution in [0.25, 0.3) is 16.4 Å². The Bertz CT molecular complexity index is 1720. The number of carbonyl (C=O) groups excluding carboxylic acids is 1. The Morgan fingerprint density at radius 1 is 1.02 bits per heavy atom. The van der Waals surface area contributed by atoms with Crippen molar-refractivity contribution in [3.8, 4) is 17.2 Å². The molecule has 6 rings (SSSR count). The molecule has 1 N–H and O–H groups in total. The van der Waals surface area contributed by atoms with Gasteiger partial charge in [-0.1, -0.05) is 48.0 Å². The summed E-state index contributed by atoms with van der Waals surface area (Å²) < 4.78 is 19.5. The zero-order valence-electron chi connectivity index (χ0n) is 22.6. The molecule has 8 nitrogen and oxygen atoms in total. The van der Waals surface area contributed by atoms with Crippen molar-refractivity contribution in [1.29, 1.82) is 0 Å². The maximum atomic E-state index is 13.8. The van der Waals surface area contributed by atoms with E-state index >= 15 is 0 Å². The van der Waals surface area contributed by atoms with E-state index in [1.807, 2.05) is 88.3 Å². The maximum Gasteiger partial charge on any atom is 0.261 e. The molecule has 0 radical (unpaired) electrons.